The largest absolute Gasteiger partial charge is 0.317 e. The molecule has 154 valence electrons. The van der Waals surface area contributed by atoms with Gasteiger partial charge in [-0.15, -0.1) is 0 Å². The highest BCUT2D eigenvalue weighted by molar-refractivity contribution is 4.89. The van der Waals surface area contributed by atoms with E-state index in [1.54, 1.807) is 0 Å². The zero-order valence-corrected chi connectivity index (χ0v) is 17.6. The van der Waals surface area contributed by atoms with Crippen LogP contribution in [-0.4, -0.2) is 52.4 Å². The van der Waals surface area contributed by atoms with E-state index in [0.717, 1.165) is 45.8 Å². The topological polar surface area (TPSA) is 48.1 Å². The Bertz CT molecular complexity index is 303. The normalized spacial score (nSPS) is 11.9. The van der Waals surface area contributed by atoms with E-state index < -0.39 is 0 Å². The first kappa shape index (κ1) is 25.3. The molecule has 0 heterocycles. The summed E-state index contributed by atoms with van der Waals surface area (Å²) >= 11 is 0. The molecule has 0 aromatic heterocycles. The standard InChI is InChI=1S/C22H46N4/c1-3-5-6-7-8-9-17-24-19-12-13-21-26-22-15-14-20-25-18-11-10-16-23-4-2/h10-11,14-15,23-26H,3-9,12-13,16-22H2,1-2H3/b11-10-,15-14-. The number of rotatable bonds is 21. The van der Waals surface area contributed by atoms with Gasteiger partial charge in [-0.05, 0) is 45.4 Å². The molecule has 0 aromatic carbocycles. The molecule has 0 fully saturated rings. The van der Waals surface area contributed by atoms with E-state index in [4.69, 9.17) is 0 Å². The molecule has 4 heteroatoms. The lowest BCUT2D eigenvalue weighted by molar-refractivity contribution is 0.552. The SMILES string of the molecule is CCCCCCCCNCCCCNC/C=C\CNC/C=C\CNCC. The molecule has 0 spiro atoms. The Balaban J connectivity index is 3.09. The fraction of sp³-hybridized carbons (Fsp3) is 0.818. The lowest BCUT2D eigenvalue weighted by Crippen LogP contribution is -2.20. The summed E-state index contributed by atoms with van der Waals surface area (Å²) in [6, 6.07) is 0. The van der Waals surface area contributed by atoms with Gasteiger partial charge in [-0.2, -0.15) is 0 Å². The smallest absolute Gasteiger partial charge is 0.0138 e. The minimum Gasteiger partial charge on any atom is -0.317 e. The van der Waals surface area contributed by atoms with Crippen molar-refractivity contribution < 1.29 is 0 Å². The monoisotopic (exact) mass is 366 g/mol. The Morgan fingerprint density at radius 2 is 0.923 bits per heavy atom. The molecule has 0 radical (unpaired) electrons. The van der Waals surface area contributed by atoms with Crippen molar-refractivity contribution in [1.82, 2.24) is 21.3 Å². The summed E-state index contributed by atoms with van der Waals surface area (Å²) < 4.78 is 0. The Morgan fingerprint density at radius 1 is 0.462 bits per heavy atom. The van der Waals surface area contributed by atoms with E-state index in [9.17, 15) is 0 Å². The summed E-state index contributed by atoms with van der Waals surface area (Å²) in [6.07, 6.45) is 19.6. The molecule has 0 aliphatic heterocycles. The highest BCUT2D eigenvalue weighted by atomic mass is 14.9. The summed E-state index contributed by atoms with van der Waals surface area (Å²) in [5.41, 5.74) is 0. The first-order valence-corrected chi connectivity index (χ1v) is 11.0. The minimum absolute atomic E-state index is 0.939. The lowest BCUT2D eigenvalue weighted by atomic mass is 10.1. The third-order valence-electron chi connectivity index (χ3n) is 4.30. The van der Waals surface area contributed by atoms with Crippen molar-refractivity contribution in [1.29, 1.82) is 0 Å². The van der Waals surface area contributed by atoms with Crippen LogP contribution in [0.4, 0.5) is 0 Å². The zero-order valence-electron chi connectivity index (χ0n) is 17.6. The fourth-order valence-corrected chi connectivity index (χ4v) is 2.65. The van der Waals surface area contributed by atoms with Crippen LogP contribution >= 0.6 is 0 Å². The van der Waals surface area contributed by atoms with Crippen molar-refractivity contribution in [2.45, 2.75) is 65.2 Å². The van der Waals surface area contributed by atoms with Crippen LogP contribution in [0.15, 0.2) is 24.3 Å². The van der Waals surface area contributed by atoms with Crippen molar-refractivity contribution >= 4 is 0 Å². The number of likely N-dealkylation sites (N-methyl/N-ethyl adjacent to an activating group) is 1. The van der Waals surface area contributed by atoms with Crippen LogP contribution < -0.4 is 21.3 Å². The van der Waals surface area contributed by atoms with Crippen molar-refractivity contribution in [3.63, 3.8) is 0 Å². The summed E-state index contributed by atoms with van der Waals surface area (Å²) in [6.45, 7) is 12.7. The minimum atomic E-state index is 0.939. The summed E-state index contributed by atoms with van der Waals surface area (Å²) in [4.78, 5) is 0. The molecule has 0 atom stereocenters. The molecular weight excluding hydrogens is 320 g/mol. The number of hydrogen-bond acceptors (Lipinski definition) is 4. The predicted molar refractivity (Wildman–Crippen MR) is 118 cm³/mol. The van der Waals surface area contributed by atoms with Gasteiger partial charge in [-0.25, -0.2) is 0 Å². The van der Waals surface area contributed by atoms with Gasteiger partial charge in [0.15, 0.2) is 0 Å². The van der Waals surface area contributed by atoms with Crippen LogP contribution in [0.3, 0.4) is 0 Å². The van der Waals surface area contributed by atoms with Crippen LogP contribution in [0.1, 0.15) is 65.2 Å². The quantitative estimate of drug-likeness (QED) is 0.185. The molecule has 4 nitrogen and oxygen atoms in total. The third-order valence-corrected chi connectivity index (χ3v) is 4.30. The summed E-state index contributed by atoms with van der Waals surface area (Å²) in [5.74, 6) is 0. The van der Waals surface area contributed by atoms with Gasteiger partial charge >= 0.3 is 0 Å². The Morgan fingerprint density at radius 3 is 1.54 bits per heavy atom. The maximum absolute atomic E-state index is 3.56. The highest BCUT2D eigenvalue weighted by Crippen LogP contribution is 2.03. The van der Waals surface area contributed by atoms with E-state index in [1.165, 1.54) is 57.9 Å². The van der Waals surface area contributed by atoms with E-state index in [2.05, 4.69) is 59.4 Å². The van der Waals surface area contributed by atoms with Gasteiger partial charge in [0, 0.05) is 26.2 Å². The van der Waals surface area contributed by atoms with Gasteiger partial charge in [0.05, 0.1) is 0 Å². The van der Waals surface area contributed by atoms with Gasteiger partial charge in [0.1, 0.15) is 0 Å². The molecule has 0 bridgehead atoms. The molecule has 4 N–H and O–H groups in total. The van der Waals surface area contributed by atoms with Gasteiger partial charge in [0.2, 0.25) is 0 Å². The molecule has 0 rings (SSSR count). The molecule has 0 aromatic rings. The Labute approximate surface area is 163 Å². The lowest BCUT2D eigenvalue weighted by Gasteiger charge is -2.05. The average molecular weight is 367 g/mol. The van der Waals surface area contributed by atoms with Crippen LogP contribution in [-0.2, 0) is 0 Å². The van der Waals surface area contributed by atoms with Crippen LogP contribution in [0.25, 0.3) is 0 Å². The van der Waals surface area contributed by atoms with Gasteiger partial charge < -0.3 is 21.3 Å². The third kappa shape index (κ3) is 23.3. The molecule has 0 saturated heterocycles. The van der Waals surface area contributed by atoms with Crippen molar-refractivity contribution in [2.75, 3.05) is 52.4 Å². The second kappa shape index (κ2) is 24.3. The zero-order chi connectivity index (χ0) is 19.0. The second-order valence-corrected chi connectivity index (χ2v) is 6.84. The molecule has 0 aliphatic rings. The van der Waals surface area contributed by atoms with Crippen molar-refractivity contribution in [3.05, 3.63) is 24.3 Å². The average Bonchev–Trinajstić information content (AvgIpc) is 2.66. The second-order valence-electron chi connectivity index (χ2n) is 6.84. The highest BCUT2D eigenvalue weighted by Gasteiger charge is 1.91. The molecule has 0 amide bonds. The van der Waals surface area contributed by atoms with Crippen molar-refractivity contribution in [3.8, 4) is 0 Å². The number of hydrogen-bond donors (Lipinski definition) is 4. The first-order chi connectivity index (χ1) is 12.9. The summed E-state index contributed by atoms with van der Waals surface area (Å²) in [7, 11) is 0. The molecule has 26 heavy (non-hydrogen) atoms. The Hall–Kier alpha value is -0.680. The maximum atomic E-state index is 3.56. The summed E-state index contributed by atoms with van der Waals surface area (Å²) in [5, 5.41) is 13.7. The van der Waals surface area contributed by atoms with Crippen LogP contribution in [0, 0.1) is 0 Å². The first-order valence-electron chi connectivity index (χ1n) is 11.0. The van der Waals surface area contributed by atoms with E-state index >= 15 is 0 Å². The van der Waals surface area contributed by atoms with E-state index in [0.29, 0.717) is 0 Å². The van der Waals surface area contributed by atoms with Crippen molar-refractivity contribution in [2.24, 2.45) is 0 Å². The van der Waals surface area contributed by atoms with E-state index in [-0.39, 0.29) is 0 Å². The fourth-order valence-electron chi connectivity index (χ4n) is 2.65. The van der Waals surface area contributed by atoms with E-state index in [1.807, 2.05) is 0 Å². The Kier molecular flexibility index (Phi) is 23.7. The number of nitrogens with one attached hydrogen (secondary N) is 4. The van der Waals surface area contributed by atoms with Gasteiger partial charge in [0.25, 0.3) is 0 Å². The molecule has 0 unspecified atom stereocenters. The molecule has 0 saturated carbocycles. The van der Waals surface area contributed by atoms with Crippen LogP contribution in [0.2, 0.25) is 0 Å². The molecular formula is C22H46N4. The number of unbranched alkanes of at least 4 members (excludes halogenated alkanes) is 6. The molecule has 0 aliphatic carbocycles. The van der Waals surface area contributed by atoms with Gasteiger partial charge in [-0.3, -0.25) is 0 Å². The van der Waals surface area contributed by atoms with Crippen LogP contribution in [0.5, 0.6) is 0 Å². The maximum Gasteiger partial charge on any atom is 0.0138 e. The predicted octanol–water partition coefficient (Wildman–Crippen LogP) is 3.62. The van der Waals surface area contributed by atoms with Gasteiger partial charge in [-0.1, -0.05) is 70.3 Å².